The van der Waals surface area contributed by atoms with Crippen molar-refractivity contribution in [3.8, 4) is 0 Å². The summed E-state index contributed by atoms with van der Waals surface area (Å²) < 4.78 is 16.9. The van der Waals surface area contributed by atoms with Gasteiger partial charge < -0.3 is 4.57 Å². The van der Waals surface area contributed by atoms with E-state index in [1.165, 1.54) is 12.8 Å². The van der Waals surface area contributed by atoms with Crippen molar-refractivity contribution < 1.29 is 4.39 Å². The maximum Gasteiger partial charge on any atom is 0.138 e. The molecule has 2 unspecified atom stereocenters. The number of hydrogen-bond acceptors (Lipinski definition) is 1. The van der Waals surface area contributed by atoms with Gasteiger partial charge in [-0.25, -0.2) is 9.37 Å². The van der Waals surface area contributed by atoms with Gasteiger partial charge in [0.2, 0.25) is 0 Å². The van der Waals surface area contributed by atoms with Crippen LogP contribution in [0.4, 0.5) is 4.39 Å². The first-order valence-electron chi connectivity index (χ1n) is 7.52. The second kappa shape index (κ2) is 6.41. The predicted octanol–water partition coefficient (Wildman–Crippen LogP) is 5.31. The third kappa shape index (κ3) is 3.07. The van der Waals surface area contributed by atoms with Crippen LogP contribution >= 0.6 is 34.2 Å². The van der Waals surface area contributed by atoms with Crippen LogP contribution in [0.3, 0.4) is 0 Å². The molecule has 0 N–H and O–H groups in total. The molecule has 2 atom stereocenters. The molecule has 2 aromatic rings. The molecule has 0 bridgehead atoms. The molecular formula is C16H19ClFIN2. The van der Waals surface area contributed by atoms with Crippen molar-refractivity contribution in [1.82, 2.24) is 9.55 Å². The Hall–Kier alpha value is -0.360. The highest BCUT2D eigenvalue weighted by Crippen LogP contribution is 2.36. The maximum atomic E-state index is 14.0. The first kappa shape index (κ1) is 15.5. The van der Waals surface area contributed by atoms with Gasteiger partial charge in [-0.3, -0.25) is 0 Å². The van der Waals surface area contributed by atoms with Crippen LogP contribution in [-0.4, -0.2) is 15.4 Å². The zero-order valence-electron chi connectivity index (χ0n) is 12.1. The third-order valence-corrected chi connectivity index (χ3v) is 5.41. The average Bonchev–Trinajstić information content (AvgIpc) is 2.77. The van der Waals surface area contributed by atoms with Crippen molar-refractivity contribution >= 4 is 45.2 Å². The van der Waals surface area contributed by atoms with E-state index in [-0.39, 0.29) is 5.82 Å². The van der Waals surface area contributed by atoms with Crippen LogP contribution < -0.4 is 0 Å². The Morgan fingerprint density at radius 1 is 1.43 bits per heavy atom. The first-order chi connectivity index (χ1) is 10.1. The number of aromatic nitrogens is 2. The summed E-state index contributed by atoms with van der Waals surface area (Å²) in [4.78, 5) is 4.71. The monoisotopic (exact) mass is 420 g/mol. The molecule has 1 heterocycles. The summed E-state index contributed by atoms with van der Waals surface area (Å²) in [5.41, 5.74) is 1.81. The lowest BCUT2D eigenvalue weighted by molar-refractivity contribution is 0.282. The quantitative estimate of drug-likeness (QED) is 0.486. The molecule has 114 valence electrons. The molecule has 2 nitrogen and oxygen atoms in total. The molecule has 0 saturated heterocycles. The van der Waals surface area contributed by atoms with Crippen molar-refractivity contribution in [2.24, 2.45) is 5.92 Å². The number of imidazole rings is 1. The van der Waals surface area contributed by atoms with Gasteiger partial charge in [0, 0.05) is 24.4 Å². The van der Waals surface area contributed by atoms with E-state index in [9.17, 15) is 4.39 Å². The van der Waals surface area contributed by atoms with Gasteiger partial charge in [-0.2, -0.15) is 0 Å². The fourth-order valence-electron chi connectivity index (χ4n) is 3.45. The summed E-state index contributed by atoms with van der Waals surface area (Å²) in [6.07, 6.45) is 5.56. The number of hydrogen-bond donors (Lipinski definition) is 0. The number of aryl methyl sites for hydroxylation is 1. The zero-order valence-corrected chi connectivity index (χ0v) is 15.0. The van der Waals surface area contributed by atoms with Crippen LogP contribution in [-0.2, 0) is 6.42 Å². The number of nitrogens with zero attached hydrogens (tertiary/aromatic N) is 2. The normalized spacial score (nSPS) is 22.9. The van der Waals surface area contributed by atoms with E-state index >= 15 is 0 Å². The molecule has 1 aliphatic carbocycles. The molecule has 0 radical (unpaired) electrons. The molecule has 0 spiro atoms. The van der Waals surface area contributed by atoms with E-state index in [4.69, 9.17) is 16.6 Å². The summed E-state index contributed by atoms with van der Waals surface area (Å²) in [7, 11) is 0. The SMILES string of the molecule is CC1CCCC(n2c(CCCl)nc3cc(I)c(F)cc32)C1. The van der Waals surface area contributed by atoms with Gasteiger partial charge in [0.1, 0.15) is 11.6 Å². The second-order valence-electron chi connectivity index (χ2n) is 6.02. The molecule has 5 heteroatoms. The molecule has 1 saturated carbocycles. The largest absolute Gasteiger partial charge is 0.325 e. The minimum atomic E-state index is -0.162. The lowest BCUT2D eigenvalue weighted by atomic mass is 9.87. The Morgan fingerprint density at radius 3 is 2.95 bits per heavy atom. The highest BCUT2D eigenvalue weighted by Gasteiger charge is 2.25. The van der Waals surface area contributed by atoms with E-state index in [0.29, 0.717) is 15.5 Å². The summed E-state index contributed by atoms with van der Waals surface area (Å²) in [5.74, 6) is 2.11. The fourth-order valence-corrected chi connectivity index (χ4v) is 4.06. The highest BCUT2D eigenvalue weighted by molar-refractivity contribution is 14.1. The van der Waals surface area contributed by atoms with Gasteiger partial charge in [-0.05, 0) is 47.4 Å². The van der Waals surface area contributed by atoms with Crippen molar-refractivity contribution in [2.75, 3.05) is 5.88 Å². The van der Waals surface area contributed by atoms with Crippen LogP contribution in [0.1, 0.15) is 44.5 Å². The molecule has 1 aromatic heterocycles. The average molecular weight is 421 g/mol. The smallest absolute Gasteiger partial charge is 0.138 e. The lowest BCUT2D eigenvalue weighted by Gasteiger charge is -2.29. The lowest BCUT2D eigenvalue weighted by Crippen LogP contribution is -2.19. The number of benzene rings is 1. The summed E-state index contributed by atoms with van der Waals surface area (Å²) in [6.45, 7) is 2.30. The Morgan fingerprint density at radius 2 is 2.24 bits per heavy atom. The number of halogens is 3. The van der Waals surface area contributed by atoms with Crippen LogP contribution in [0.5, 0.6) is 0 Å². The predicted molar refractivity (Wildman–Crippen MR) is 93.5 cm³/mol. The minimum Gasteiger partial charge on any atom is -0.325 e. The first-order valence-corrected chi connectivity index (χ1v) is 9.13. The number of alkyl halides is 1. The molecule has 1 aromatic carbocycles. The van der Waals surface area contributed by atoms with E-state index < -0.39 is 0 Å². The Labute approximate surface area is 143 Å². The highest BCUT2D eigenvalue weighted by atomic mass is 127. The maximum absolute atomic E-state index is 14.0. The molecule has 1 aliphatic rings. The molecule has 1 fully saturated rings. The van der Waals surface area contributed by atoms with Gasteiger partial charge in [-0.15, -0.1) is 11.6 Å². The fraction of sp³-hybridized carbons (Fsp3) is 0.562. The Kier molecular flexibility index (Phi) is 4.74. The van der Waals surface area contributed by atoms with Gasteiger partial charge in [-0.1, -0.05) is 19.8 Å². The van der Waals surface area contributed by atoms with E-state index in [1.54, 1.807) is 6.07 Å². The zero-order chi connectivity index (χ0) is 15.0. The van der Waals surface area contributed by atoms with Crippen LogP contribution in [0.2, 0.25) is 0 Å². The molecular weight excluding hydrogens is 402 g/mol. The third-order valence-electron chi connectivity index (χ3n) is 4.40. The van der Waals surface area contributed by atoms with E-state index in [0.717, 1.165) is 42.0 Å². The van der Waals surface area contributed by atoms with Crippen LogP contribution in [0.25, 0.3) is 11.0 Å². The van der Waals surface area contributed by atoms with Gasteiger partial charge in [0.25, 0.3) is 0 Å². The summed E-state index contributed by atoms with van der Waals surface area (Å²) >= 11 is 7.96. The molecule has 3 rings (SSSR count). The van der Waals surface area contributed by atoms with Crippen molar-refractivity contribution in [1.29, 1.82) is 0 Å². The topological polar surface area (TPSA) is 17.8 Å². The second-order valence-corrected chi connectivity index (χ2v) is 7.56. The van der Waals surface area contributed by atoms with Gasteiger partial charge >= 0.3 is 0 Å². The van der Waals surface area contributed by atoms with Crippen molar-refractivity contribution in [2.45, 2.75) is 45.1 Å². The molecule has 0 amide bonds. The number of fused-ring (bicyclic) bond motifs is 1. The standard InChI is InChI=1S/C16H19ClFIN2/c1-10-3-2-4-11(7-10)21-15-8-12(18)13(19)9-14(15)20-16(21)5-6-17/h8-11H,2-7H2,1H3. The minimum absolute atomic E-state index is 0.162. The van der Waals surface area contributed by atoms with E-state index in [1.807, 2.05) is 28.7 Å². The molecule has 21 heavy (non-hydrogen) atoms. The summed E-state index contributed by atoms with van der Waals surface area (Å²) in [5, 5.41) is 0. The van der Waals surface area contributed by atoms with Gasteiger partial charge in [0.15, 0.2) is 0 Å². The van der Waals surface area contributed by atoms with E-state index in [2.05, 4.69) is 11.5 Å². The Balaban J connectivity index is 2.12. The summed E-state index contributed by atoms with van der Waals surface area (Å²) in [6, 6.07) is 3.91. The van der Waals surface area contributed by atoms with Crippen molar-refractivity contribution in [3.05, 3.63) is 27.3 Å². The van der Waals surface area contributed by atoms with Gasteiger partial charge in [0.05, 0.1) is 14.6 Å². The molecule has 0 aliphatic heterocycles. The van der Waals surface area contributed by atoms with Crippen molar-refractivity contribution in [3.63, 3.8) is 0 Å². The number of rotatable bonds is 3. The van der Waals surface area contributed by atoms with Crippen LogP contribution in [0.15, 0.2) is 12.1 Å². The Bertz CT molecular complexity index is 655. The van der Waals surface area contributed by atoms with Crippen LogP contribution in [0, 0.1) is 15.3 Å².